The maximum Gasteiger partial charge on any atom is 0.267 e. The van der Waals surface area contributed by atoms with E-state index >= 15 is 0 Å². The first-order valence-electron chi connectivity index (χ1n) is 10.0. The molecule has 0 spiro atoms. The zero-order valence-electron chi connectivity index (χ0n) is 17.1. The Morgan fingerprint density at radius 2 is 2.03 bits per heavy atom. The number of carbonyl (C=O) groups is 1. The van der Waals surface area contributed by atoms with Gasteiger partial charge in [0.05, 0.1) is 13.7 Å². The van der Waals surface area contributed by atoms with Crippen LogP contribution in [0, 0.1) is 0 Å². The summed E-state index contributed by atoms with van der Waals surface area (Å²) in [6, 6.07) is 13.9. The Kier molecular flexibility index (Phi) is 7.84. The Hall–Kier alpha value is -2.87. The van der Waals surface area contributed by atoms with Crippen molar-refractivity contribution in [2.75, 3.05) is 33.4 Å². The molecule has 0 heterocycles. The minimum Gasteiger partial charge on any atom is -0.493 e. The van der Waals surface area contributed by atoms with E-state index in [1.807, 2.05) is 30.3 Å². The molecular weight excluding hydrogens is 384 g/mol. The first-order chi connectivity index (χ1) is 14.7. The second kappa shape index (κ2) is 10.8. The Morgan fingerprint density at radius 3 is 2.77 bits per heavy atom. The van der Waals surface area contributed by atoms with Gasteiger partial charge in [-0.2, -0.15) is 0 Å². The van der Waals surface area contributed by atoms with Crippen molar-refractivity contribution in [1.29, 1.82) is 0 Å². The van der Waals surface area contributed by atoms with Crippen molar-refractivity contribution < 1.29 is 24.6 Å². The molecule has 0 aromatic heterocycles. The van der Waals surface area contributed by atoms with Crippen molar-refractivity contribution in [1.82, 2.24) is 10.4 Å². The number of hydrogen-bond donors (Lipinski definition) is 3. The van der Waals surface area contributed by atoms with Gasteiger partial charge in [0, 0.05) is 25.2 Å². The highest BCUT2D eigenvalue weighted by Crippen LogP contribution is 2.36. The van der Waals surface area contributed by atoms with E-state index < -0.39 is 5.91 Å². The van der Waals surface area contributed by atoms with Crippen LogP contribution in [0.5, 0.6) is 11.5 Å². The number of methoxy groups -OCH3 is 1. The van der Waals surface area contributed by atoms with Gasteiger partial charge in [0.2, 0.25) is 0 Å². The van der Waals surface area contributed by atoms with Gasteiger partial charge in [-0.1, -0.05) is 30.3 Å². The number of nitrogens with zero attached hydrogens (tertiary/aromatic N) is 1. The van der Waals surface area contributed by atoms with Gasteiger partial charge in [-0.05, 0) is 47.7 Å². The number of aryl methyl sites for hydroxylation is 1. The fourth-order valence-corrected chi connectivity index (χ4v) is 3.87. The largest absolute Gasteiger partial charge is 0.493 e. The summed E-state index contributed by atoms with van der Waals surface area (Å²) in [4.78, 5) is 13.4. The minimum absolute atomic E-state index is 0.0809. The van der Waals surface area contributed by atoms with Gasteiger partial charge in [0.1, 0.15) is 6.61 Å². The molecule has 0 radical (unpaired) electrons. The molecule has 7 heteroatoms. The SMILES string of the molecule is COc1ccccc1OCCN(CCO)C1CCc2cc(C=CC(=O)NO)ccc21. The first-order valence-corrected chi connectivity index (χ1v) is 10.0. The van der Waals surface area contributed by atoms with E-state index in [-0.39, 0.29) is 12.6 Å². The summed E-state index contributed by atoms with van der Waals surface area (Å²) in [5, 5.41) is 18.2. The number of aliphatic hydroxyl groups excluding tert-OH is 1. The van der Waals surface area contributed by atoms with E-state index in [2.05, 4.69) is 17.0 Å². The molecule has 30 heavy (non-hydrogen) atoms. The molecular formula is C23H28N2O5. The molecule has 3 rings (SSSR count). The molecule has 2 aromatic rings. The lowest BCUT2D eigenvalue weighted by Gasteiger charge is -2.29. The number of carbonyl (C=O) groups excluding carboxylic acids is 1. The van der Waals surface area contributed by atoms with Crippen LogP contribution in [-0.4, -0.2) is 54.5 Å². The van der Waals surface area contributed by atoms with Crippen LogP contribution in [0.4, 0.5) is 0 Å². The van der Waals surface area contributed by atoms with Crippen LogP contribution in [0.25, 0.3) is 6.08 Å². The van der Waals surface area contributed by atoms with Gasteiger partial charge in [-0.25, -0.2) is 5.48 Å². The van der Waals surface area contributed by atoms with E-state index in [4.69, 9.17) is 14.7 Å². The van der Waals surface area contributed by atoms with Crippen molar-refractivity contribution in [2.24, 2.45) is 0 Å². The number of hydroxylamine groups is 1. The van der Waals surface area contributed by atoms with E-state index in [1.165, 1.54) is 17.2 Å². The van der Waals surface area contributed by atoms with Crippen LogP contribution >= 0.6 is 0 Å². The van der Waals surface area contributed by atoms with Crippen molar-refractivity contribution in [3.05, 3.63) is 65.2 Å². The monoisotopic (exact) mass is 412 g/mol. The topological polar surface area (TPSA) is 91.3 Å². The van der Waals surface area contributed by atoms with Gasteiger partial charge < -0.3 is 14.6 Å². The summed E-state index contributed by atoms with van der Waals surface area (Å²) in [6.45, 7) is 1.82. The fourth-order valence-electron chi connectivity index (χ4n) is 3.87. The highest BCUT2D eigenvalue weighted by atomic mass is 16.5. The van der Waals surface area contributed by atoms with E-state index in [1.54, 1.807) is 18.7 Å². The lowest BCUT2D eigenvalue weighted by molar-refractivity contribution is -0.124. The lowest BCUT2D eigenvalue weighted by atomic mass is 10.0. The standard InChI is InChI=1S/C23H28N2O5/c1-29-21-4-2-3-5-22(21)30-15-13-25(12-14-26)20-10-8-18-16-17(6-9-19(18)20)7-11-23(27)24-28/h2-7,9,11,16,20,26,28H,8,10,12-15H2,1H3,(H,24,27). The van der Waals surface area contributed by atoms with E-state index in [9.17, 15) is 9.90 Å². The molecule has 1 aliphatic carbocycles. The van der Waals surface area contributed by atoms with E-state index in [0.717, 1.165) is 18.4 Å². The van der Waals surface area contributed by atoms with Gasteiger partial charge in [0.25, 0.3) is 5.91 Å². The molecule has 0 saturated heterocycles. The molecule has 1 atom stereocenters. The maximum atomic E-state index is 11.2. The number of fused-ring (bicyclic) bond motifs is 1. The summed E-state index contributed by atoms with van der Waals surface area (Å²) >= 11 is 0. The molecule has 3 N–H and O–H groups in total. The third-order valence-electron chi connectivity index (χ3n) is 5.28. The predicted molar refractivity (Wildman–Crippen MR) is 114 cm³/mol. The molecule has 7 nitrogen and oxygen atoms in total. The van der Waals surface area contributed by atoms with Crippen LogP contribution in [0.15, 0.2) is 48.5 Å². The molecule has 0 bridgehead atoms. The minimum atomic E-state index is -0.558. The number of aliphatic hydroxyl groups is 1. The van der Waals surface area contributed by atoms with Crippen molar-refractivity contribution >= 4 is 12.0 Å². The summed E-state index contributed by atoms with van der Waals surface area (Å²) in [5.74, 6) is 0.851. The predicted octanol–water partition coefficient (Wildman–Crippen LogP) is 2.57. The second-order valence-electron chi connectivity index (χ2n) is 7.08. The number of ether oxygens (including phenoxy) is 2. The van der Waals surface area contributed by atoms with E-state index in [0.29, 0.717) is 31.2 Å². The van der Waals surface area contributed by atoms with Gasteiger partial charge in [0.15, 0.2) is 11.5 Å². The van der Waals surface area contributed by atoms with Crippen molar-refractivity contribution in [2.45, 2.75) is 18.9 Å². The highest BCUT2D eigenvalue weighted by Gasteiger charge is 2.27. The van der Waals surface area contributed by atoms with Gasteiger partial charge in [-0.15, -0.1) is 0 Å². The Bertz CT molecular complexity index is 884. The average Bonchev–Trinajstić information content (AvgIpc) is 3.20. The van der Waals surface area contributed by atoms with Gasteiger partial charge >= 0.3 is 0 Å². The number of rotatable bonds is 10. The second-order valence-corrected chi connectivity index (χ2v) is 7.08. The molecule has 0 aliphatic heterocycles. The number of hydrogen-bond acceptors (Lipinski definition) is 6. The Balaban J connectivity index is 1.66. The van der Waals surface area contributed by atoms with Crippen LogP contribution in [-0.2, 0) is 11.2 Å². The molecule has 0 fully saturated rings. The first kappa shape index (κ1) is 21.8. The summed E-state index contributed by atoms with van der Waals surface area (Å²) in [6.07, 6.45) is 4.87. The summed E-state index contributed by atoms with van der Waals surface area (Å²) < 4.78 is 11.2. The Labute approximate surface area is 176 Å². The average molecular weight is 412 g/mol. The third kappa shape index (κ3) is 5.38. The normalized spacial score (nSPS) is 15.4. The maximum absolute atomic E-state index is 11.2. The Morgan fingerprint density at radius 1 is 1.23 bits per heavy atom. The van der Waals surface area contributed by atoms with Gasteiger partial charge in [-0.3, -0.25) is 14.9 Å². The molecule has 2 aromatic carbocycles. The summed E-state index contributed by atoms with van der Waals surface area (Å²) in [5.41, 5.74) is 4.97. The van der Waals surface area contributed by atoms with Crippen LogP contribution in [0.3, 0.4) is 0 Å². The number of para-hydroxylation sites is 2. The molecule has 1 aliphatic rings. The molecule has 0 saturated carbocycles. The zero-order chi connectivity index (χ0) is 21.3. The molecule has 1 unspecified atom stereocenters. The van der Waals surface area contributed by atoms with Crippen LogP contribution in [0.2, 0.25) is 0 Å². The van der Waals surface area contributed by atoms with Crippen molar-refractivity contribution in [3.63, 3.8) is 0 Å². The molecule has 160 valence electrons. The van der Waals surface area contributed by atoms with Crippen LogP contribution in [0.1, 0.15) is 29.2 Å². The van der Waals surface area contributed by atoms with Crippen LogP contribution < -0.4 is 15.0 Å². The number of amides is 1. The number of benzene rings is 2. The van der Waals surface area contributed by atoms with Crippen molar-refractivity contribution in [3.8, 4) is 11.5 Å². The molecule has 1 amide bonds. The lowest BCUT2D eigenvalue weighted by Crippen LogP contribution is -2.34. The summed E-state index contributed by atoms with van der Waals surface area (Å²) in [7, 11) is 1.62. The third-order valence-corrected chi connectivity index (χ3v) is 5.28. The smallest absolute Gasteiger partial charge is 0.267 e. The zero-order valence-corrected chi connectivity index (χ0v) is 17.1. The quantitative estimate of drug-likeness (QED) is 0.316. The highest BCUT2D eigenvalue weighted by molar-refractivity contribution is 5.90. The fraction of sp³-hybridized carbons (Fsp3) is 0.348. The number of nitrogens with one attached hydrogen (secondary N) is 1.